The maximum atomic E-state index is 5.38. The molecule has 0 atom stereocenters. The fourth-order valence-electron chi connectivity index (χ4n) is 2.15. The molecule has 5 heteroatoms. The molecule has 0 radical (unpaired) electrons. The quantitative estimate of drug-likeness (QED) is 0.911. The molecule has 0 fully saturated rings. The Kier molecular flexibility index (Phi) is 3.25. The highest BCUT2D eigenvalue weighted by molar-refractivity contribution is 6.13. The van der Waals surface area contributed by atoms with Gasteiger partial charge >= 0.3 is 0 Å². The van der Waals surface area contributed by atoms with Gasteiger partial charge in [0.1, 0.15) is 22.9 Å². The van der Waals surface area contributed by atoms with E-state index in [2.05, 4.69) is 15.0 Å². The number of methoxy groups -OCH3 is 2. The number of aliphatic imine (C=N–C) groups is 2. The fraction of sp³-hybridized carbons (Fsp3) is 0.200. The van der Waals surface area contributed by atoms with Gasteiger partial charge in [-0.3, -0.25) is 4.99 Å². The van der Waals surface area contributed by atoms with Gasteiger partial charge in [0.25, 0.3) is 0 Å². The zero-order valence-corrected chi connectivity index (χ0v) is 11.4. The van der Waals surface area contributed by atoms with Gasteiger partial charge < -0.3 is 14.5 Å². The molecule has 3 heterocycles. The lowest BCUT2D eigenvalue weighted by atomic mass is 10.2. The van der Waals surface area contributed by atoms with Gasteiger partial charge in [-0.1, -0.05) is 0 Å². The molecule has 3 rings (SSSR count). The molecular formula is C15H15N3O2. The molecule has 102 valence electrons. The molecule has 0 saturated heterocycles. The van der Waals surface area contributed by atoms with Crippen molar-refractivity contribution in [2.45, 2.75) is 0 Å². The van der Waals surface area contributed by atoms with E-state index < -0.39 is 0 Å². The SMILES string of the molecule is COC1=CC(c2ccc[nH]2)=NC1=CC1=NCC=C1OC. The summed E-state index contributed by atoms with van der Waals surface area (Å²) < 4.78 is 10.7. The third-order valence-corrected chi connectivity index (χ3v) is 3.14. The summed E-state index contributed by atoms with van der Waals surface area (Å²) in [4.78, 5) is 12.1. The van der Waals surface area contributed by atoms with Gasteiger partial charge in [-0.15, -0.1) is 0 Å². The van der Waals surface area contributed by atoms with E-state index in [0.29, 0.717) is 6.54 Å². The predicted octanol–water partition coefficient (Wildman–Crippen LogP) is 2.22. The van der Waals surface area contributed by atoms with Crippen molar-refractivity contribution < 1.29 is 9.47 Å². The first kappa shape index (κ1) is 12.5. The molecule has 0 aromatic carbocycles. The lowest BCUT2D eigenvalue weighted by Crippen LogP contribution is -1.99. The number of hydrogen-bond donors (Lipinski definition) is 1. The second-order valence-corrected chi connectivity index (χ2v) is 4.32. The standard InChI is InChI=1S/C15H15N3O2/c1-19-14-5-7-17-12(14)8-13-15(20-2)9-11(18-13)10-4-3-6-16-10/h3-6,8-9,16H,7H2,1-2H3. The number of H-pyrrole nitrogens is 1. The topological polar surface area (TPSA) is 59.0 Å². The molecule has 5 nitrogen and oxygen atoms in total. The molecule has 1 N–H and O–H groups in total. The van der Waals surface area contributed by atoms with Gasteiger partial charge in [-0.05, 0) is 24.3 Å². The Balaban J connectivity index is 1.94. The zero-order chi connectivity index (χ0) is 13.9. The zero-order valence-electron chi connectivity index (χ0n) is 11.4. The van der Waals surface area contributed by atoms with Crippen LogP contribution in [0.5, 0.6) is 0 Å². The van der Waals surface area contributed by atoms with Gasteiger partial charge in [-0.25, -0.2) is 4.99 Å². The van der Waals surface area contributed by atoms with Gasteiger partial charge in [0, 0.05) is 12.3 Å². The summed E-state index contributed by atoms with van der Waals surface area (Å²) in [5.74, 6) is 1.50. The lowest BCUT2D eigenvalue weighted by Gasteiger charge is -2.04. The van der Waals surface area contributed by atoms with Crippen molar-refractivity contribution in [1.29, 1.82) is 0 Å². The molecule has 0 aliphatic carbocycles. The maximum Gasteiger partial charge on any atom is 0.146 e. The molecule has 0 saturated carbocycles. The summed E-state index contributed by atoms with van der Waals surface area (Å²) in [6, 6.07) is 3.91. The summed E-state index contributed by atoms with van der Waals surface area (Å²) >= 11 is 0. The number of ether oxygens (including phenoxy) is 2. The van der Waals surface area contributed by atoms with E-state index >= 15 is 0 Å². The van der Waals surface area contributed by atoms with E-state index in [4.69, 9.17) is 9.47 Å². The summed E-state index contributed by atoms with van der Waals surface area (Å²) in [5.41, 5.74) is 3.35. The molecule has 2 aliphatic heterocycles. The molecule has 0 unspecified atom stereocenters. The summed E-state index contributed by atoms with van der Waals surface area (Å²) in [7, 11) is 3.27. The Morgan fingerprint density at radius 2 is 2.10 bits per heavy atom. The first-order valence-corrected chi connectivity index (χ1v) is 6.31. The van der Waals surface area contributed by atoms with Gasteiger partial charge in [0.2, 0.25) is 0 Å². The number of allylic oxidation sites excluding steroid dienone is 2. The van der Waals surface area contributed by atoms with Crippen molar-refractivity contribution in [1.82, 2.24) is 4.98 Å². The van der Waals surface area contributed by atoms with E-state index in [9.17, 15) is 0 Å². The van der Waals surface area contributed by atoms with Crippen LogP contribution in [0.3, 0.4) is 0 Å². The van der Waals surface area contributed by atoms with Crippen LogP contribution in [0, 0.1) is 0 Å². The van der Waals surface area contributed by atoms with Crippen molar-refractivity contribution in [3.05, 3.63) is 59.5 Å². The number of nitrogens with zero attached hydrogens (tertiary/aromatic N) is 2. The van der Waals surface area contributed by atoms with Crippen LogP contribution in [0.1, 0.15) is 5.69 Å². The molecule has 1 aromatic heterocycles. The number of hydrogen-bond acceptors (Lipinski definition) is 4. The van der Waals surface area contributed by atoms with E-state index in [-0.39, 0.29) is 0 Å². The first-order valence-electron chi connectivity index (χ1n) is 6.31. The van der Waals surface area contributed by atoms with E-state index in [1.54, 1.807) is 14.2 Å². The Bertz CT molecular complexity index is 661. The Morgan fingerprint density at radius 1 is 1.25 bits per heavy atom. The Hall–Kier alpha value is -2.56. The largest absolute Gasteiger partial charge is 0.495 e. The van der Waals surface area contributed by atoms with Crippen molar-refractivity contribution in [2.75, 3.05) is 20.8 Å². The van der Waals surface area contributed by atoms with Crippen molar-refractivity contribution in [2.24, 2.45) is 9.98 Å². The number of aromatic nitrogens is 1. The molecule has 0 amide bonds. The average molecular weight is 269 g/mol. The van der Waals surface area contributed by atoms with Crippen LogP contribution < -0.4 is 0 Å². The third kappa shape index (κ3) is 2.18. The van der Waals surface area contributed by atoms with Crippen LogP contribution in [-0.4, -0.2) is 37.2 Å². The molecule has 0 bridgehead atoms. The predicted molar refractivity (Wildman–Crippen MR) is 77.9 cm³/mol. The molecule has 2 aliphatic rings. The van der Waals surface area contributed by atoms with Crippen LogP contribution >= 0.6 is 0 Å². The number of rotatable bonds is 4. The highest BCUT2D eigenvalue weighted by Crippen LogP contribution is 2.23. The average Bonchev–Trinajstić information content (AvgIpc) is 3.19. The lowest BCUT2D eigenvalue weighted by molar-refractivity contribution is 0.302. The van der Waals surface area contributed by atoms with Crippen molar-refractivity contribution in [3.8, 4) is 0 Å². The smallest absolute Gasteiger partial charge is 0.146 e. The van der Waals surface area contributed by atoms with E-state index in [1.807, 2.05) is 36.6 Å². The highest BCUT2D eigenvalue weighted by Gasteiger charge is 2.19. The Morgan fingerprint density at radius 3 is 2.80 bits per heavy atom. The van der Waals surface area contributed by atoms with Crippen molar-refractivity contribution >= 4 is 11.4 Å². The fourth-order valence-corrected chi connectivity index (χ4v) is 2.15. The molecular weight excluding hydrogens is 254 g/mol. The van der Waals surface area contributed by atoms with E-state index in [0.717, 1.165) is 34.3 Å². The summed E-state index contributed by atoms with van der Waals surface area (Å²) in [6.45, 7) is 0.640. The molecule has 20 heavy (non-hydrogen) atoms. The molecule has 1 aromatic rings. The minimum absolute atomic E-state index is 0.640. The molecule has 0 spiro atoms. The normalized spacial score (nSPS) is 19.6. The van der Waals surface area contributed by atoms with Crippen LogP contribution in [0.25, 0.3) is 0 Å². The summed E-state index contributed by atoms with van der Waals surface area (Å²) in [6.07, 6.45) is 7.59. The third-order valence-electron chi connectivity index (χ3n) is 3.14. The second-order valence-electron chi connectivity index (χ2n) is 4.32. The van der Waals surface area contributed by atoms with Crippen LogP contribution in [0.2, 0.25) is 0 Å². The number of aromatic amines is 1. The van der Waals surface area contributed by atoms with Crippen LogP contribution in [0.15, 0.2) is 63.8 Å². The minimum Gasteiger partial charge on any atom is -0.495 e. The Labute approximate surface area is 117 Å². The summed E-state index contributed by atoms with van der Waals surface area (Å²) in [5, 5.41) is 0. The first-order chi connectivity index (χ1) is 9.81. The monoisotopic (exact) mass is 269 g/mol. The minimum atomic E-state index is 0.640. The highest BCUT2D eigenvalue weighted by atomic mass is 16.5. The number of nitrogens with one attached hydrogen (secondary N) is 1. The van der Waals surface area contributed by atoms with Gasteiger partial charge in [0.15, 0.2) is 0 Å². The van der Waals surface area contributed by atoms with Gasteiger partial charge in [0.05, 0.1) is 32.2 Å². The van der Waals surface area contributed by atoms with Crippen LogP contribution in [-0.2, 0) is 9.47 Å². The van der Waals surface area contributed by atoms with Gasteiger partial charge in [-0.2, -0.15) is 0 Å². The maximum absolute atomic E-state index is 5.38. The second kappa shape index (κ2) is 5.21. The van der Waals surface area contributed by atoms with Crippen LogP contribution in [0.4, 0.5) is 0 Å². The van der Waals surface area contributed by atoms with Crippen molar-refractivity contribution in [3.63, 3.8) is 0 Å². The van der Waals surface area contributed by atoms with E-state index in [1.165, 1.54) is 0 Å².